The number of rotatable bonds is 8. The first-order chi connectivity index (χ1) is 14.8. The van der Waals surface area contributed by atoms with Crippen molar-refractivity contribution in [1.29, 1.82) is 0 Å². The summed E-state index contributed by atoms with van der Waals surface area (Å²) in [5.41, 5.74) is 1.24. The lowest BCUT2D eigenvalue weighted by atomic mass is 10.1. The van der Waals surface area contributed by atoms with E-state index in [1.807, 2.05) is 30.3 Å². The Kier molecular flexibility index (Phi) is 7.56. The summed E-state index contributed by atoms with van der Waals surface area (Å²) in [6.07, 6.45) is 0.134. The molecular formula is C22H20Cl2N2O4S. The zero-order chi connectivity index (χ0) is 22.4. The molecule has 0 saturated heterocycles. The Balaban J connectivity index is 1.92. The van der Waals surface area contributed by atoms with E-state index in [2.05, 4.69) is 10.0 Å². The Labute approximate surface area is 191 Å². The van der Waals surface area contributed by atoms with Gasteiger partial charge in [0.2, 0.25) is 15.9 Å². The molecule has 0 saturated carbocycles. The first kappa shape index (κ1) is 23.1. The summed E-state index contributed by atoms with van der Waals surface area (Å²) in [7, 11) is -2.78. The molecule has 6 nitrogen and oxygen atoms in total. The van der Waals surface area contributed by atoms with Crippen molar-refractivity contribution < 1.29 is 17.9 Å². The van der Waals surface area contributed by atoms with Crippen molar-refractivity contribution in [2.45, 2.75) is 17.4 Å². The molecule has 0 heterocycles. The Morgan fingerprint density at radius 3 is 2.35 bits per heavy atom. The molecule has 9 heteroatoms. The van der Waals surface area contributed by atoms with E-state index in [0.717, 1.165) is 5.56 Å². The van der Waals surface area contributed by atoms with E-state index in [9.17, 15) is 13.2 Å². The topological polar surface area (TPSA) is 84.5 Å². The van der Waals surface area contributed by atoms with Crippen LogP contribution in [0, 0.1) is 0 Å². The molecule has 0 bridgehead atoms. The number of carbonyl (C=O) groups is 1. The lowest BCUT2D eigenvalue weighted by Crippen LogP contribution is -2.45. The predicted octanol–water partition coefficient (Wildman–Crippen LogP) is 4.53. The van der Waals surface area contributed by atoms with Crippen LogP contribution in [0.5, 0.6) is 5.75 Å². The van der Waals surface area contributed by atoms with Crippen molar-refractivity contribution >= 4 is 44.8 Å². The molecule has 31 heavy (non-hydrogen) atoms. The Morgan fingerprint density at radius 2 is 1.68 bits per heavy atom. The third kappa shape index (κ3) is 6.21. The van der Waals surface area contributed by atoms with Crippen LogP contribution in [0.15, 0.2) is 77.7 Å². The molecule has 3 aromatic carbocycles. The van der Waals surface area contributed by atoms with Crippen LogP contribution >= 0.6 is 23.2 Å². The number of benzene rings is 3. The quantitative estimate of drug-likeness (QED) is 0.497. The predicted molar refractivity (Wildman–Crippen MR) is 122 cm³/mol. The Hall–Kier alpha value is -2.58. The number of halogens is 2. The molecule has 1 amide bonds. The highest BCUT2D eigenvalue weighted by Gasteiger charge is 2.28. The van der Waals surface area contributed by atoms with Gasteiger partial charge < -0.3 is 10.1 Å². The third-order valence-corrected chi connectivity index (χ3v) is 6.37. The fourth-order valence-corrected chi connectivity index (χ4v) is 4.76. The van der Waals surface area contributed by atoms with Crippen LogP contribution in [-0.2, 0) is 21.2 Å². The molecule has 0 spiro atoms. The molecule has 3 aromatic rings. The maximum atomic E-state index is 13.1. The van der Waals surface area contributed by atoms with E-state index in [4.69, 9.17) is 27.9 Å². The van der Waals surface area contributed by atoms with E-state index in [0.29, 0.717) is 10.7 Å². The number of methoxy groups -OCH3 is 1. The monoisotopic (exact) mass is 478 g/mol. The highest BCUT2D eigenvalue weighted by atomic mass is 35.5. The van der Waals surface area contributed by atoms with Gasteiger partial charge in [0.25, 0.3) is 0 Å². The van der Waals surface area contributed by atoms with Crippen LogP contribution in [0.2, 0.25) is 10.0 Å². The number of amides is 1. The van der Waals surface area contributed by atoms with Gasteiger partial charge in [-0.25, -0.2) is 8.42 Å². The van der Waals surface area contributed by atoms with Crippen LogP contribution in [0.3, 0.4) is 0 Å². The molecule has 0 unspecified atom stereocenters. The smallest absolute Gasteiger partial charge is 0.245 e. The van der Waals surface area contributed by atoms with E-state index >= 15 is 0 Å². The van der Waals surface area contributed by atoms with Crippen LogP contribution in [0.1, 0.15) is 5.56 Å². The lowest BCUT2D eigenvalue weighted by molar-refractivity contribution is -0.117. The van der Waals surface area contributed by atoms with Crippen LogP contribution in [0.25, 0.3) is 0 Å². The molecular weight excluding hydrogens is 459 g/mol. The molecule has 162 valence electrons. The van der Waals surface area contributed by atoms with Gasteiger partial charge in [-0.1, -0.05) is 59.6 Å². The summed E-state index contributed by atoms with van der Waals surface area (Å²) in [6.45, 7) is 0. The molecule has 2 N–H and O–H groups in total. The molecule has 3 rings (SSSR count). The van der Waals surface area contributed by atoms with Gasteiger partial charge in [-0.15, -0.1) is 0 Å². The number of nitrogens with one attached hydrogen (secondary N) is 2. The lowest BCUT2D eigenvalue weighted by Gasteiger charge is -2.20. The maximum absolute atomic E-state index is 13.1. The summed E-state index contributed by atoms with van der Waals surface area (Å²) < 4.78 is 33.9. The van der Waals surface area contributed by atoms with Crippen molar-refractivity contribution in [1.82, 2.24) is 4.72 Å². The second-order valence-electron chi connectivity index (χ2n) is 6.66. The zero-order valence-corrected chi connectivity index (χ0v) is 18.8. The fraction of sp³-hybridized carbons (Fsp3) is 0.136. The van der Waals surface area contributed by atoms with Crippen molar-refractivity contribution in [2.75, 3.05) is 12.4 Å². The number of hydrogen-bond donors (Lipinski definition) is 2. The zero-order valence-electron chi connectivity index (χ0n) is 16.5. The molecule has 0 fully saturated rings. The van der Waals surface area contributed by atoms with Gasteiger partial charge in [-0.2, -0.15) is 4.72 Å². The van der Waals surface area contributed by atoms with Gasteiger partial charge >= 0.3 is 0 Å². The van der Waals surface area contributed by atoms with Gasteiger partial charge in [0.15, 0.2) is 0 Å². The maximum Gasteiger partial charge on any atom is 0.245 e. The molecule has 0 aromatic heterocycles. The molecule has 1 atom stereocenters. The standard InChI is InChI=1S/C22H20Cl2N2O4S/c1-30-20-11-10-17(24)14-21(20)31(28,29)26-19(12-15-6-3-2-4-7-15)22(27)25-18-9-5-8-16(23)13-18/h2-11,13-14,19,26H,12H2,1H3,(H,25,27)/t19-/m0/s1. The minimum absolute atomic E-state index is 0.116. The summed E-state index contributed by atoms with van der Waals surface area (Å²) >= 11 is 12.0. The summed E-state index contributed by atoms with van der Waals surface area (Å²) in [5, 5.41) is 3.38. The molecule has 0 aliphatic heterocycles. The van der Waals surface area contributed by atoms with E-state index in [-0.39, 0.29) is 22.1 Å². The third-order valence-electron chi connectivity index (χ3n) is 4.40. The number of sulfonamides is 1. The molecule has 0 aliphatic rings. The Bertz CT molecular complexity index is 1170. The van der Waals surface area contributed by atoms with Gasteiger partial charge in [0.1, 0.15) is 16.7 Å². The van der Waals surface area contributed by atoms with Crippen LogP contribution in [0.4, 0.5) is 5.69 Å². The van der Waals surface area contributed by atoms with Gasteiger partial charge in [-0.3, -0.25) is 4.79 Å². The van der Waals surface area contributed by atoms with Crippen molar-refractivity contribution in [3.8, 4) is 5.75 Å². The number of carbonyl (C=O) groups excluding carboxylic acids is 1. The van der Waals surface area contributed by atoms with Crippen LogP contribution in [-0.4, -0.2) is 27.5 Å². The second kappa shape index (κ2) is 10.2. The number of ether oxygens (including phenoxy) is 1. The van der Waals surface area contributed by atoms with E-state index < -0.39 is 22.0 Å². The molecule has 0 radical (unpaired) electrons. The fourth-order valence-electron chi connectivity index (χ4n) is 2.94. The average Bonchev–Trinajstić information content (AvgIpc) is 2.74. The van der Waals surface area contributed by atoms with Gasteiger partial charge in [-0.05, 0) is 48.4 Å². The van der Waals surface area contributed by atoms with Gasteiger partial charge in [0.05, 0.1) is 7.11 Å². The van der Waals surface area contributed by atoms with E-state index in [1.165, 1.54) is 25.3 Å². The van der Waals surface area contributed by atoms with E-state index in [1.54, 1.807) is 24.3 Å². The van der Waals surface area contributed by atoms with Crippen LogP contribution < -0.4 is 14.8 Å². The molecule has 0 aliphatic carbocycles. The largest absolute Gasteiger partial charge is 0.495 e. The highest BCUT2D eigenvalue weighted by molar-refractivity contribution is 7.89. The Morgan fingerprint density at radius 1 is 0.968 bits per heavy atom. The van der Waals surface area contributed by atoms with Gasteiger partial charge in [0, 0.05) is 15.7 Å². The number of anilines is 1. The second-order valence-corrected chi connectivity index (χ2v) is 9.21. The summed E-state index contributed by atoms with van der Waals surface area (Å²) in [5.74, 6) is -0.415. The highest BCUT2D eigenvalue weighted by Crippen LogP contribution is 2.27. The normalized spacial score (nSPS) is 12.2. The van der Waals surface area contributed by atoms with Crippen molar-refractivity contribution in [3.63, 3.8) is 0 Å². The SMILES string of the molecule is COc1ccc(Cl)cc1S(=O)(=O)N[C@@H](Cc1ccccc1)C(=O)Nc1cccc(Cl)c1. The summed E-state index contributed by atoms with van der Waals surface area (Å²) in [4.78, 5) is 12.9. The first-order valence-electron chi connectivity index (χ1n) is 9.25. The van der Waals surface area contributed by atoms with Crippen molar-refractivity contribution in [2.24, 2.45) is 0 Å². The first-order valence-corrected chi connectivity index (χ1v) is 11.5. The average molecular weight is 479 g/mol. The minimum atomic E-state index is -4.14. The summed E-state index contributed by atoms with van der Waals surface area (Å²) in [6, 6.07) is 18.8. The number of hydrogen-bond acceptors (Lipinski definition) is 4. The van der Waals surface area contributed by atoms with Crippen molar-refractivity contribution in [3.05, 3.63) is 88.4 Å². The minimum Gasteiger partial charge on any atom is -0.495 e.